The van der Waals surface area contributed by atoms with Gasteiger partial charge in [0.2, 0.25) is 0 Å². The number of hydrogen-bond donors (Lipinski definition) is 1. The van der Waals surface area contributed by atoms with Crippen molar-refractivity contribution < 1.29 is 13.5 Å². The summed E-state index contributed by atoms with van der Waals surface area (Å²) in [7, 11) is -3.34. The molecule has 0 saturated heterocycles. The largest absolute Gasteiger partial charge is 0.388 e. The molecule has 0 amide bonds. The van der Waals surface area contributed by atoms with Crippen molar-refractivity contribution in [2.75, 3.05) is 0 Å². The zero-order valence-electron chi connectivity index (χ0n) is 16.8. The maximum atomic E-state index is 12.5. The topological polar surface area (TPSA) is 72.2 Å². The van der Waals surface area contributed by atoms with Gasteiger partial charge in [0.25, 0.3) is 0 Å². The number of fused-ring (bicyclic) bond motifs is 1. The fourth-order valence-corrected chi connectivity index (χ4v) is 4.85. The molecule has 5 nitrogen and oxygen atoms in total. The van der Waals surface area contributed by atoms with Crippen LogP contribution in [0.25, 0.3) is 11.0 Å². The summed E-state index contributed by atoms with van der Waals surface area (Å²) in [5.74, 6) is 0.881. The standard InChI is InChI=1S/C20H30N2O3S.ClH/c1-14(2)26(24,25)15-8-9-17-16(12-15)21-18(19(3,4)5)22(17)13-20(23)10-6-7-11-20;/h8-9,12,14,23H,6-7,10-11,13H2,1-5H3;1H. The predicted octanol–water partition coefficient (Wildman–Crippen LogP) is 4.24. The van der Waals surface area contributed by atoms with E-state index in [1.165, 1.54) is 0 Å². The summed E-state index contributed by atoms with van der Waals surface area (Å²) in [4.78, 5) is 5.09. The zero-order chi connectivity index (χ0) is 19.3. The highest BCUT2D eigenvalue weighted by molar-refractivity contribution is 7.92. The molecular weight excluding hydrogens is 384 g/mol. The third kappa shape index (κ3) is 4.17. The number of aliphatic hydroxyl groups is 1. The number of halogens is 1. The normalized spacial score (nSPS) is 17.4. The third-order valence-electron chi connectivity index (χ3n) is 5.33. The molecule has 7 heteroatoms. The summed E-state index contributed by atoms with van der Waals surface area (Å²) in [5, 5.41) is 10.5. The van der Waals surface area contributed by atoms with Gasteiger partial charge in [-0.05, 0) is 44.9 Å². The Bertz CT molecular complexity index is 921. The minimum absolute atomic E-state index is 0. The molecule has 1 aromatic heterocycles. The average molecular weight is 415 g/mol. The second-order valence-electron chi connectivity index (χ2n) is 8.95. The van der Waals surface area contributed by atoms with Gasteiger partial charge in [-0.15, -0.1) is 12.4 Å². The van der Waals surface area contributed by atoms with Crippen LogP contribution in [0, 0.1) is 0 Å². The second-order valence-corrected chi connectivity index (χ2v) is 11.5. The van der Waals surface area contributed by atoms with Gasteiger partial charge < -0.3 is 9.67 Å². The summed E-state index contributed by atoms with van der Waals surface area (Å²) in [6, 6.07) is 5.18. The molecule has 1 N–H and O–H groups in total. The van der Waals surface area contributed by atoms with Gasteiger partial charge >= 0.3 is 0 Å². The molecule has 2 aromatic rings. The molecule has 1 saturated carbocycles. The predicted molar refractivity (Wildman–Crippen MR) is 111 cm³/mol. The summed E-state index contributed by atoms with van der Waals surface area (Å²) < 4.78 is 27.1. The van der Waals surface area contributed by atoms with Crippen LogP contribution >= 0.6 is 12.4 Å². The quantitative estimate of drug-likeness (QED) is 0.811. The molecule has 0 unspecified atom stereocenters. The van der Waals surface area contributed by atoms with E-state index in [1.807, 2.05) is 6.07 Å². The number of hydrogen-bond acceptors (Lipinski definition) is 4. The van der Waals surface area contributed by atoms with Crippen molar-refractivity contribution in [3.8, 4) is 0 Å². The third-order valence-corrected chi connectivity index (χ3v) is 7.48. The Labute approximate surface area is 168 Å². The first-order valence-corrected chi connectivity index (χ1v) is 11.0. The highest BCUT2D eigenvalue weighted by atomic mass is 35.5. The van der Waals surface area contributed by atoms with E-state index in [0.717, 1.165) is 37.0 Å². The number of benzene rings is 1. The first-order chi connectivity index (χ1) is 11.9. The van der Waals surface area contributed by atoms with Gasteiger partial charge in [-0.3, -0.25) is 0 Å². The van der Waals surface area contributed by atoms with Crippen molar-refractivity contribution in [2.24, 2.45) is 0 Å². The minimum Gasteiger partial charge on any atom is -0.388 e. The van der Waals surface area contributed by atoms with E-state index in [9.17, 15) is 13.5 Å². The van der Waals surface area contributed by atoms with E-state index in [2.05, 4.69) is 25.3 Å². The number of rotatable bonds is 4. The lowest BCUT2D eigenvalue weighted by Gasteiger charge is -2.27. The van der Waals surface area contributed by atoms with E-state index in [-0.39, 0.29) is 17.8 Å². The van der Waals surface area contributed by atoms with Crippen LogP contribution in [-0.2, 0) is 21.8 Å². The van der Waals surface area contributed by atoms with Crippen LogP contribution in [0.2, 0.25) is 0 Å². The van der Waals surface area contributed by atoms with Crippen LogP contribution in [0.3, 0.4) is 0 Å². The molecule has 0 bridgehead atoms. The Morgan fingerprint density at radius 3 is 2.33 bits per heavy atom. The first-order valence-electron chi connectivity index (χ1n) is 9.41. The first kappa shape index (κ1) is 22.2. The smallest absolute Gasteiger partial charge is 0.180 e. The number of sulfone groups is 1. The van der Waals surface area contributed by atoms with Gasteiger partial charge in [0, 0.05) is 5.41 Å². The van der Waals surface area contributed by atoms with Gasteiger partial charge in [-0.1, -0.05) is 33.6 Å². The highest BCUT2D eigenvalue weighted by Gasteiger charge is 2.34. The molecule has 1 aromatic carbocycles. The maximum absolute atomic E-state index is 12.5. The lowest BCUT2D eigenvalue weighted by Crippen LogP contribution is -2.33. The molecule has 0 radical (unpaired) electrons. The van der Waals surface area contributed by atoms with Crippen LogP contribution in [-0.4, -0.2) is 33.9 Å². The zero-order valence-corrected chi connectivity index (χ0v) is 18.5. The molecule has 1 aliphatic carbocycles. The molecule has 27 heavy (non-hydrogen) atoms. The minimum atomic E-state index is -3.34. The summed E-state index contributed by atoms with van der Waals surface area (Å²) in [6.45, 7) is 10.2. The van der Waals surface area contributed by atoms with Crippen LogP contribution in [0.15, 0.2) is 23.1 Å². The second kappa shape index (κ2) is 7.37. The molecule has 0 atom stereocenters. The molecule has 3 rings (SSSR count). The summed E-state index contributed by atoms with van der Waals surface area (Å²) in [6.07, 6.45) is 3.70. The molecule has 1 fully saturated rings. The van der Waals surface area contributed by atoms with Gasteiger partial charge in [0.1, 0.15) is 5.82 Å². The van der Waals surface area contributed by atoms with Gasteiger partial charge in [0.05, 0.1) is 33.3 Å². The average Bonchev–Trinajstić information content (AvgIpc) is 3.11. The molecule has 1 heterocycles. The van der Waals surface area contributed by atoms with Crippen LogP contribution < -0.4 is 0 Å². The summed E-state index contributed by atoms with van der Waals surface area (Å²) in [5.41, 5.74) is 0.665. The lowest BCUT2D eigenvalue weighted by atomic mass is 9.94. The number of nitrogens with zero attached hydrogens (tertiary/aromatic N) is 2. The molecule has 152 valence electrons. The molecular formula is C20H31ClN2O3S. The van der Waals surface area contributed by atoms with Crippen molar-refractivity contribution in [1.82, 2.24) is 9.55 Å². The fraction of sp³-hybridized carbons (Fsp3) is 0.650. The van der Waals surface area contributed by atoms with E-state index < -0.39 is 20.7 Å². The Kier molecular flexibility index (Phi) is 6.06. The highest BCUT2D eigenvalue weighted by Crippen LogP contribution is 2.35. The van der Waals surface area contributed by atoms with Crippen molar-refractivity contribution in [1.29, 1.82) is 0 Å². The molecule has 0 aliphatic heterocycles. The van der Waals surface area contributed by atoms with E-state index in [1.54, 1.807) is 26.0 Å². The Morgan fingerprint density at radius 1 is 1.22 bits per heavy atom. The SMILES string of the molecule is CC(C)S(=O)(=O)c1ccc2c(c1)nc(C(C)(C)C)n2CC1(O)CCCC1.Cl. The molecule has 1 aliphatic rings. The van der Waals surface area contributed by atoms with Crippen LogP contribution in [0.4, 0.5) is 0 Å². The van der Waals surface area contributed by atoms with E-state index in [0.29, 0.717) is 17.0 Å². The summed E-state index contributed by atoms with van der Waals surface area (Å²) >= 11 is 0. The fourth-order valence-electron chi connectivity index (χ4n) is 3.78. The number of aromatic nitrogens is 2. The van der Waals surface area contributed by atoms with Crippen LogP contribution in [0.1, 0.15) is 66.1 Å². The van der Waals surface area contributed by atoms with Crippen molar-refractivity contribution in [3.05, 3.63) is 24.0 Å². The van der Waals surface area contributed by atoms with Crippen LogP contribution in [0.5, 0.6) is 0 Å². The molecule has 0 spiro atoms. The Hall–Kier alpha value is -1.11. The van der Waals surface area contributed by atoms with Gasteiger partial charge in [-0.25, -0.2) is 13.4 Å². The number of imidazole rings is 1. The Balaban J connectivity index is 0.00000261. The van der Waals surface area contributed by atoms with Gasteiger partial charge in [-0.2, -0.15) is 0 Å². The lowest BCUT2D eigenvalue weighted by molar-refractivity contribution is 0.0296. The monoisotopic (exact) mass is 414 g/mol. The van der Waals surface area contributed by atoms with Gasteiger partial charge in [0.15, 0.2) is 9.84 Å². The van der Waals surface area contributed by atoms with Crippen molar-refractivity contribution >= 4 is 33.3 Å². The Morgan fingerprint density at radius 2 is 1.81 bits per heavy atom. The van der Waals surface area contributed by atoms with E-state index in [4.69, 9.17) is 4.98 Å². The van der Waals surface area contributed by atoms with E-state index >= 15 is 0 Å². The van der Waals surface area contributed by atoms with Crippen molar-refractivity contribution in [2.45, 2.75) is 88.0 Å². The maximum Gasteiger partial charge on any atom is 0.180 e. The van der Waals surface area contributed by atoms with Crippen molar-refractivity contribution in [3.63, 3.8) is 0 Å².